The van der Waals surface area contributed by atoms with E-state index in [9.17, 15) is 4.79 Å². The molecule has 0 saturated heterocycles. The van der Waals surface area contributed by atoms with Gasteiger partial charge in [0.25, 0.3) is 0 Å². The molecule has 0 aromatic carbocycles. The van der Waals surface area contributed by atoms with Crippen LogP contribution in [0, 0.1) is 23.7 Å². The summed E-state index contributed by atoms with van der Waals surface area (Å²) in [6.07, 6.45) is 5.34. The van der Waals surface area contributed by atoms with Crippen LogP contribution in [-0.4, -0.2) is 16.9 Å². The SMILES string of the molecule is O=C(O)NN=C1C2CC3CC(C2)CC1C3. The Hall–Kier alpha value is -1.06. The third-order valence-corrected chi connectivity index (χ3v) is 4.26. The third kappa shape index (κ3) is 1.52. The van der Waals surface area contributed by atoms with Gasteiger partial charge in [0.2, 0.25) is 0 Å². The second-order valence-electron chi connectivity index (χ2n) is 5.26. The molecule has 0 unspecified atom stereocenters. The Kier molecular flexibility index (Phi) is 1.97. The monoisotopic (exact) mass is 208 g/mol. The lowest BCUT2D eigenvalue weighted by Gasteiger charge is -2.50. The smallest absolute Gasteiger partial charge is 0.425 e. The van der Waals surface area contributed by atoms with Gasteiger partial charge in [-0.3, -0.25) is 0 Å². The molecule has 4 rings (SSSR count). The molecular weight excluding hydrogens is 192 g/mol. The first-order valence-corrected chi connectivity index (χ1v) is 5.78. The average Bonchev–Trinajstić information content (AvgIpc) is 2.14. The normalized spacial score (nSPS) is 41.7. The molecule has 0 heterocycles. The minimum absolute atomic E-state index is 0.577. The van der Waals surface area contributed by atoms with Gasteiger partial charge in [-0.05, 0) is 55.8 Å². The summed E-state index contributed by atoms with van der Waals surface area (Å²) in [4.78, 5) is 10.4. The number of carbonyl (C=O) groups is 1. The lowest BCUT2D eigenvalue weighted by molar-refractivity contribution is 0.107. The van der Waals surface area contributed by atoms with E-state index in [0.29, 0.717) is 11.8 Å². The van der Waals surface area contributed by atoms with Gasteiger partial charge in [-0.1, -0.05) is 0 Å². The minimum atomic E-state index is -1.05. The van der Waals surface area contributed by atoms with Gasteiger partial charge in [0.1, 0.15) is 0 Å². The number of hydrogen-bond acceptors (Lipinski definition) is 2. The molecule has 4 bridgehead atoms. The standard InChI is InChI=1S/C11H16N2O2/c14-11(15)13-12-10-8-2-6-1-7(4-8)5-9(10)3-6/h6-9,13H,1-5H2,(H,14,15). The summed E-state index contributed by atoms with van der Waals surface area (Å²) >= 11 is 0. The highest BCUT2D eigenvalue weighted by molar-refractivity contribution is 5.91. The predicted octanol–water partition coefficient (Wildman–Crippen LogP) is 2.07. The van der Waals surface area contributed by atoms with Crippen LogP contribution in [0.1, 0.15) is 32.1 Å². The van der Waals surface area contributed by atoms with Crippen LogP contribution in [0.5, 0.6) is 0 Å². The van der Waals surface area contributed by atoms with E-state index < -0.39 is 6.09 Å². The second-order valence-corrected chi connectivity index (χ2v) is 5.26. The van der Waals surface area contributed by atoms with Crippen molar-refractivity contribution in [1.29, 1.82) is 0 Å². The van der Waals surface area contributed by atoms with E-state index in [-0.39, 0.29) is 0 Å². The van der Waals surface area contributed by atoms with Crippen molar-refractivity contribution in [2.45, 2.75) is 32.1 Å². The molecule has 4 fully saturated rings. The Morgan fingerprint density at radius 1 is 1.13 bits per heavy atom. The Morgan fingerprint density at radius 2 is 1.67 bits per heavy atom. The first-order chi connectivity index (χ1) is 7.22. The topological polar surface area (TPSA) is 61.7 Å². The van der Waals surface area contributed by atoms with Crippen molar-refractivity contribution >= 4 is 11.8 Å². The van der Waals surface area contributed by atoms with E-state index in [0.717, 1.165) is 17.5 Å². The molecule has 4 heteroatoms. The van der Waals surface area contributed by atoms with E-state index in [4.69, 9.17) is 5.11 Å². The Balaban J connectivity index is 1.80. The van der Waals surface area contributed by atoms with Gasteiger partial charge in [-0.25, -0.2) is 10.2 Å². The summed E-state index contributed by atoms with van der Waals surface area (Å²) < 4.78 is 0. The highest BCUT2D eigenvalue weighted by Gasteiger charge is 2.46. The molecule has 0 aromatic heterocycles. The number of amides is 1. The van der Waals surface area contributed by atoms with Crippen molar-refractivity contribution in [1.82, 2.24) is 5.43 Å². The predicted molar refractivity (Wildman–Crippen MR) is 55.6 cm³/mol. The quantitative estimate of drug-likeness (QED) is 0.648. The minimum Gasteiger partial charge on any atom is -0.464 e. The molecule has 0 aromatic rings. The van der Waals surface area contributed by atoms with Crippen LogP contribution in [0.2, 0.25) is 0 Å². The lowest BCUT2D eigenvalue weighted by atomic mass is 9.55. The highest BCUT2D eigenvalue weighted by Crippen LogP contribution is 2.52. The van der Waals surface area contributed by atoms with Crippen LogP contribution in [0.25, 0.3) is 0 Å². The molecular formula is C11H16N2O2. The van der Waals surface area contributed by atoms with E-state index in [1.807, 2.05) is 0 Å². The van der Waals surface area contributed by atoms with Crippen LogP contribution in [-0.2, 0) is 0 Å². The van der Waals surface area contributed by atoms with Crippen molar-refractivity contribution in [2.24, 2.45) is 28.8 Å². The number of hydrazone groups is 1. The summed E-state index contributed by atoms with van der Waals surface area (Å²) in [5.41, 5.74) is 3.32. The third-order valence-electron chi connectivity index (χ3n) is 4.26. The number of carboxylic acid groups (broad SMARTS) is 1. The number of nitrogens with zero attached hydrogens (tertiary/aromatic N) is 1. The van der Waals surface area contributed by atoms with Crippen molar-refractivity contribution in [2.75, 3.05) is 0 Å². The van der Waals surface area contributed by atoms with E-state index in [1.54, 1.807) is 0 Å². The van der Waals surface area contributed by atoms with E-state index in [2.05, 4.69) is 10.5 Å². The summed E-state index contributed by atoms with van der Waals surface area (Å²) in [5, 5.41) is 12.6. The fraction of sp³-hybridized carbons (Fsp3) is 0.818. The highest BCUT2D eigenvalue weighted by atomic mass is 16.4. The van der Waals surface area contributed by atoms with Crippen molar-refractivity contribution in [3.05, 3.63) is 0 Å². The molecule has 0 atom stereocenters. The van der Waals surface area contributed by atoms with Crippen LogP contribution < -0.4 is 5.43 Å². The maximum Gasteiger partial charge on any atom is 0.425 e. The molecule has 82 valence electrons. The van der Waals surface area contributed by atoms with Crippen LogP contribution in [0.3, 0.4) is 0 Å². The Bertz CT molecular complexity index is 295. The first-order valence-electron chi connectivity index (χ1n) is 5.78. The van der Waals surface area contributed by atoms with Crippen LogP contribution in [0.15, 0.2) is 5.10 Å². The number of rotatable bonds is 1. The molecule has 4 aliphatic carbocycles. The zero-order chi connectivity index (χ0) is 10.4. The lowest BCUT2D eigenvalue weighted by Crippen LogP contribution is -2.46. The van der Waals surface area contributed by atoms with Gasteiger partial charge >= 0.3 is 6.09 Å². The molecule has 0 spiro atoms. The Morgan fingerprint density at radius 3 is 2.13 bits per heavy atom. The molecule has 0 aliphatic heterocycles. The molecule has 2 N–H and O–H groups in total. The molecule has 0 radical (unpaired) electrons. The van der Waals surface area contributed by atoms with E-state index >= 15 is 0 Å². The number of hydrogen-bond donors (Lipinski definition) is 2. The number of nitrogens with one attached hydrogen (secondary N) is 1. The van der Waals surface area contributed by atoms with Crippen LogP contribution >= 0.6 is 0 Å². The van der Waals surface area contributed by atoms with Crippen molar-refractivity contribution < 1.29 is 9.90 Å². The van der Waals surface area contributed by atoms with Gasteiger partial charge in [-0.15, -0.1) is 0 Å². The van der Waals surface area contributed by atoms with Crippen molar-refractivity contribution in [3.63, 3.8) is 0 Å². The molecule has 4 saturated carbocycles. The average molecular weight is 208 g/mol. The van der Waals surface area contributed by atoms with Crippen molar-refractivity contribution in [3.8, 4) is 0 Å². The summed E-state index contributed by atoms with van der Waals surface area (Å²) in [5.74, 6) is 2.95. The molecule has 4 aliphatic rings. The molecule has 1 amide bonds. The molecule has 15 heavy (non-hydrogen) atoms. The van der Waals surface area contributed by atoms with Gasteiger partial charge in [0.15, 0.2) is 0 Å². The van der Waals surface area contributed by atoms with Crippen LogP contribution in [0.4, 0.5) is 4.79 Å². The van der Waals surface area contributed by atoms with Gasteiger partial charge in [0.05, 0.1) is 0 Å². The Labute approximate surface area is 88.7 Å². The fourth-order valence-electron chi connectivity index (χ4n) is 3.96. The van der Waals surface area contributed by atoms with Gasteiger partial charge in [-0.2, -0.15) is 5.10 Å². The maximum absolute atomic E-state index is 10.4. The summed E-state index contributed by atoms with van der Waals surface area (Å²) in [6, 6.07) is 0. The zero-order valence-corrected chi connectivity index (χ0v) is 8.65. The van der Waals surface area contributed by atoms with E-state index in [1.165, 1.54) is 32.1 Å². The molecule has 4 nitrogen and oxygen atoms in total. The maximum atomic E-state index is 10.4. The van der Waals surface area contributed by atoms with Gasteiger partial charge in [0, 0.05) is 5.71 Å². The summed E-state index contributed by atoms with van der Waals surface area (Å²) in [6.45, 7) is 0. The summed E-state index contributed by atoms with van der Waals surface area (Å²) in [7, 11) is 0. The largest absolute Gasteiger partial charge is 0.464 e. The fourth-order valence-corrected chi connectivity index (χ4v) is 3.96. The second kappa shape index (κ2) is 3.22. The first kappa shape index (κ1) is 9.19. The van der Waals surface area contributed by atoms with Gasteiger partial charge < -0.3 is 5.11 Å². The zero-order valence-electron chi connectivity index (χ0n) is 8.65.